The van der Waals surface area contributed by atoms with Crippen LogP contribution in [0, 0.1) is 0 Å². The van der Waals surface area contributed by atoms with Gasteiger partial charge in [0.1, 0.15) is 11.2 Å². The summed E-state index contributed by atoms with van der Waals surface area (Å²) in [6, 6.07) is 7.50. The molecule has 0 amide bonds. The number of rotatable bonds is 4. The summed E-state index contributed by atoms with van der Waals surface area (Å²) in [5.41, 5.74) is 2.54. The lowest BCUT2D eigenvalue weighted by Gasteiger charge is -2.39. The number of fused-ring (bicyclic) bond motifs is 4. The number of aromatic nitrogens is 6. The molecule has 6 rings (SSSR count). The minimum absolute atomic E-state index is 0.161. The molecule has 3 N–H and O–H groups in total. The molecule has 0 atom stereocenters. The van der Waals surface area contributed by atoms with Crippen molar-refractivity contribution in [1.82, 2.24) is 34.4 Å². The Bertz CT molecular complexity index is 1800. The zero-order chi connectivity index (χ0) is 25.9. The van der Waals surface area contributed by atoms with Crippen LogP contribution in [0.5, 0.6) is 0 Å². The quantitative estimate of drug-likeness (QED) is 0.325. The van der Waals surface area contributed by atoms with E-state index in [9.17, 15) is 14.7 Å². The fourth-order valence-corrected chi connectivity index (χ4v) is 5.16. The molecule has 10 heteroatoms. The maximum Gasteiger partial charge on any atom is 0.329 e. The van der Waals surface area contributed by atoms with Gasteiger partial charge in [0.05, 0.1) is 27.7 Å². The number of likely N-dealkylation sites (tertiary alicyclic amines) is 1. The molecular formula is C27H27N7O3. The van der Waals surface area contributed by atoms with Crippen molar-refractivity contribution in [3.8, 4) is 11.3 Å². The Labute approximate surface area is 211 Å². The van der Waals surface area contributed by atoms with Gasteiger partial charge in [-0.05, 0) is 51.0 Å². The third-order valence-electron chi connectivity index (χ3n) is 7.22. The molecule has 0 spiro atoms. The molecule has 1 saturated heterocycles. The highest BCUT2D eigenvalue weighted by molar-refractivity contribution is 6.01. The van der Waals surface area contributed by atoms with E-state index < -0.39 is 16.9 Å². The lowest BCUT2D eigenvalue weighted by molar-refractivity contribution is 0.0721. The van der Waals surface area contributed by atoms with Crippen LogP contribution in [-0.2, 0) is 0 Å². The van der Waals surface area contributed by atoms with E-state index in [4.69, 9.17) is 4.98 Å². The van der Waals surface area contributed by atoms with E-state index >= 15 is 0 Å². The molecule has 188 valence electrons. The second-order valence-electron chi connectivity index (χ2n) is 10.1. The van der Waals surface area contributed by atoms with Crippen molar-refractivity contribution < 1.29 is 5.11 Å². The van der Waals surface area contributed by atoms with Gasteiger partial charge < -0.3 is 15.0 Å². The van der Waals surface area contributed by atoms with Crippen molar-refractivity contribution in [2.24, 2.45) is 0 Å². The van der Waals surface area contributed by atoms with Gasteiger partial charge >= 0.3 is 5.69 Å². The Balaban J connectivity index is 1.49. The summed E-state index contributed by atoms with van der Waals surface area (Å²) in [5.74, 6) is 0. The first-order chi connectivity index (χ1) is 17.7. The molecular weight excluding hydrogens is 470 g/mol. The Morgan fingerprint density at radius 1 is 1.14 bits per heavy atom. The largest absolute Gasteiger partial charge is 0.384 e. The van der Waals surface area contributed by atoms with Crippen LogP contribution < -0.4 is 11.2 Å². The zero-order valence-electron chi connectivity index (χ0n) is 20.7. The summed E-state index contributed by atoms with van der Waals surface area (Å²) in [7, 11) is 0. The monoisotopic (exact) mass is 497 g/mol. The Morgan fingerprint density at radius 2 is 1.92 bits per heavy atom. The summed E-state index contributed by atoms with van der Waals surface area (Å²) >= 11 is 0. The highest BCUT2D eigenvalue weighted by atomic mass is 16.3. The van der Waals surface area contributed by atoms with E-state index in [0.29, 0.717) is 59.3 Å². The van der Waals surface area contributed by atoms with E-state index in [1.54, 1.807) is 24.6 Å². The second kappa shape index (κ2) is 8.38. The number of H-pyrrole nitrogens is 2. The standard InChI is InChI=1S/C27H27N7O3/c1-15(27(2,3)37)33-10-7-18(8-11-33)34-23-19(25(35)32-26(34)36)14-29-21-5-4-20(31-22(21)23)17-12-16-6-9-28-24(16)30-13-17/h4-6,9,12-14,18,37H,1,7-8,10-11H2,2-3H3,(H,28,30)(H,32,35,36). The number of hydrogen-bond donors (Lipinski definition) is 3. The third-order valence-corrected chi connectivity index (χ3v) is 7.22. The molecule has 5 aromatic rings. The third kappa shape index (κ3) is 3.89. The first-order valence-corrected chi connectivity index (χ1v) is 12.3. The maximum absolute atomic E-state index is 13.2. The highest BCUT2D eigenvalue weighted by Crippen LogP contribution is 2.31. The van der Waals surface area contributed by atoms with Gasteiger partial charge in [0, 0.05) is 54.4 Å². The van der Waals surface area contributed by atoms with E-state index in [2.05, 4.69) is 31.4 Å². The molecule has 37 heavy (non-hydrogen) atoms. The van der Waals surface area contributed by atoms with Gasteiger partial charge in [0.15, 0.2) is 0 Å². The SMILES string of the molecule is C=C(N1CCC(n2c(=O)[nH]c(=O)c3cnc4ccc(-c5cnc6[nH]ccc6c5)nc4c32)CC1)C(C)(C)O. The smallest absolute Gasteiger partial charge is 0.329 e. The maximum atomic E-state index is 13.2. The molecule has 0 radical (unpaired) electrons. The highest BCUT2D eigenvalue weighted by Gasteiger charge is 2.29. The number of aromatic amines is 2. The Hall–Kier alpha value is -4.31. The molecule has 1 aliphatic heterocycles. The Morgan fingerprint density at radius 3 is 2.68 bits per heavy atom. The van der Waals surface area contributed by atoms with Gasteiger partial charge in [0.25, 0.3) is 5.56 Å². The average molecular weight is 498 g/mol. The van der Waals surface area contributed by atoms with Crippen LogP contribution in [0.1, 0.15) is 32.7 Å². The van der Waals surface area contributed by atoms with E-state index in [-0.39, 0.29) is 6.04 Å². The molecule has 6 heterocycles. The predicted molar refractivity (Wildman–Crippen MR) is 142 cm³/mol. The number of pyridine rings is 3. The van der Waals surface area contributed by atoms with Crippen LogP contribution in [0.15, 0.2) is 64.7 Å². The molecule has 10 nitrogen and oxygen atoms in total. The number of aliphatic hydroxyl groups is 1. The van der Waals surface area contributed by atoms with Gasteiger partial charge in [-0.1, -0.05) is 6.58 Å². The molecule has 1 aliphatic rings. The number of piperidine rings is 1. The lowest BCUT2D eigenvalue weighted by Crippen LogP contribution is -2.43. The zero-order valence-corrected chi connectivity index (χ0v) is 20.7. The van der Waals surface area contributed by atoms with Crippen LogP contribution >= 0.6 is 0 Å². The first-order valence-electron chi connectivity index (χ1n) is 12.3. The molecule has 0 unspecified atom stereocenters. The summed E-state index contributed by atoms with van der Waals surface area (Å²) in [6.45, 7) is 8.75. The number of hydrogen-bond acceptors (Lipinski definition) is 7. The average Bonchev–Trinajstić information content (AvgIpc) is 3.36. The van der Waals surface area contributed by atoms with Crippen molar-refractivity contribution in [3.05, 3.63) is 76.0 Å². The minimum Gasteiger partial charge on any atom is -0.384 e. The van der Waals surface area contributed by atoms with Crippen molar-refractivity contribution in [1.29, 1.82) is 0 Å². The predicted octanol–water partition coefficient (Wildman–Crippen LogP) is 3.10. The fourth-order valence-electron chi connectivity index (χ4n) is 5.16. The number of nitrogens with zero attached hydrogens (tertiary/aromatic N) is 5. The van der Waals surface area contributed by atoms with Crippen molar-refractivity contribution in [3.63, 3.8) is 0 Å². The lowest BCUT2D eigenvalue weighted by atomic mass is 9.99. The van der Waals surface area contributed by atoms with Crippen LogP contribution in [-0.4, -0.2) is 58.2 Å². The fraction of sp³-hybridized carbons (Fsp3) is 0.296. The van der Waals surface area contributed by atoms with Crippen LogP contribution in [0.4, 0.5) is 0 Å². The minimum atomic E-state index is -1.02. The van der Waals surface area contributed by atoms with E-state index in [0.717, 1.165) is 16.6 Å². The summed E-state index contributed by atoms with van der Waals surface area (Å²) in [4.78, 5) is 47.4. The molecule has 0 aliphatic carbocycles. The van der Waals surface area contributed by atoms with Crippen LogP contribution in [0.3, 0.4) is 0 Å². The van der Waals surface area contributed by atoms with E-state index in [1.165, 1.54) is 6.20 Å². The van der Waals surface area contributed by atoms with Crippen LogP contribution in [0.2, 0.25) is 0 Å². The summed E-state index contributed by atoms with van der Waals surface area (Å²) < 4.78 is 1.66. The van der Waals surface area contributed by atoms with Gasteiger partial charge in [0.2, 0.25) is 0 Å². The van der Waals surface area contributed by atoms with E-state index in [1.807, 2.05) is 30.5 Å². The summed E-state index contributed by atoms with van der Waals surface area (Å²) in [6.07, 6.45) is 6.38. The second-order valence-corrected chi connectivity index (χ2v) is 10.1. The topological polar surface area (TPSA) is 133 Å². The van der Waals surface area contributed by atoms with Gasteiger partial charge in [-0.15, -0.1) is 0 Å². The van der Waals surface area contributed by atoms with Crippen molar-refractivity contribution in [2.45, 2.75) is 38.3 Å². The van der Waals surface area contributed by atoms with Gasteiger partial charge in [-0.2, -0.15) is 0 Å². The van der Waals surface area contributed by atoms with Gasteiger partial charge in [-0.25, -0.2) is 14.8 Å². The molecule has 0 saturated carbocycles. The molecule has 5 aromatic heterocycles. The molecule has 0 aromatic carbocycles. The number of nitrogens with one attached hydrogen (secondary N) is 2. The summed E-state index contributed by atoms with van der Waals surface area (Å²) in [5, 5.41) is 11.6. The van der Waals surface area contributed by atoms with Crippen molar-refractivity contribution in [2.75, 3.05) is 13.1 Å². The van der Waals surface area contributed by atoms with Gasteiger partial charge in [-0.3, -0.25) is 19.3 Å². The first kappa shape index (κ1) is 23.1. The van der Waals surface area contributed by atoms with Crippen LogP contribution in [0.25, 0.3) is 44.2 Å². The normalized spacial score (nSPS) is 15.2. The Kier molecular flexibility index (Phi) is 5.23. The van der Waals surface area contributed by atoms with Crippen molar-refractivity contribution >= 4 is 33.0 Å². The molecule has 1 fully saturated rings. The molecule has 0 bridgehead atoms.